The zero-order valence-electron chi connectivity index (χ0n) is 15.0. The highest BCUT2D eigenvalue weighted by molar-refractivity contribution is 7.92. The highest BCUT2D eigenvalue weighted by Gasteiger charge is 2.22. The minimum absolute atomic E-state index is 0.0992. The predicted molar refractivity (Wildman–Crippen MR) is 116 cm³/mol. The lowest BCUT2D eigenvalue weighted by atomic mass is 10.0. The number of nitrogens with one attached hydrogen (secondary N) is 1. The third-order valence-corrected chi connectivity index (χ3v) is 6.10. The molecule has 152 valence electrons. The van der Waals surface area contributed by atoms with Crippen LogP contribution in [-0.2, 0) is 11.4 Å². The largest absolute Gasteiger partial charge is 0.588 e. The van der Waals surface area contributed by atoms with Gasteiger partial charge < -0.3 is 10.3 Å². The van der Waals surface area contributed by atoms with E-state index < -0.39 is 23.0 Å². The summed E-state index contributed by atoms with van der Waals surface area (Å²) in [6.07, 6.45) is 1.47. The van der Waals surface area contributed by atoms with Crippen molar-refractivity contribution in [3.05, 3.63) is 76.4 Å². The second-order valence-corrected chi connectivity index (χ2v) is 8.26. The molecule has 1 unspecified atom stereocenters. The number of halogens is 4. The van der Waals surface area contributed by atoms with Crippen LogP contribution in [0, 0.1) is 11.6 Å². The van der Waals surface area contributed by atoms with Gasteiger partial charge in [0.2, 0.25) is 5.95 Å². The Morgan fingerprint density at radius 3 is 2.60 bits per heavy atom. The summed E-state index contributed by atoms with van der Waals surface area (Å²) in [5.41, 5.74) is 5.94. The maximum atomic E-state index is 15.2. The van der Waals surface area contributed by atoms with E-state index in [1.165, 1.54) is 36.5 Å². The van der Waals surface area contributed by atoms with Crippen LogP contribution >= 0.6 is 23.2 Å². The maximum absolute atomic E-state index is 15.2. The minimum atomic E-state index is -1.90. The normalized spacial score (nSPS) is 12.2. The molecule has 30 heavy (non-hydrogen) atoms. The van der Waals surface area contributed by atoms with E-state index in [4.69, 9.17) is 28.9 Å². The van der Waals surface area contributed by atoms with Crippen molar-refractivity contribution in [2.45, 2.75) is 4.90 Å². The quantitative estimate of drug-likeness (QED) is 0.383. The maximum Gasteiger partial charge on any atom is 0.220 e. The van der Waals surface area contributed by atoms with E-state index in [9.17, 15) is 8.94 Å². The number of nitrogens with two attached hydrogens (primary N) is 1. The van der Waals surface area contributed by atoms with E-state index in [1.807, 2.05) is 0 Å². The molecule has 0 aliphatic rings. The highest BCUT2D eigenvalue weighted by Crippen LogP contribution is 2.34. The SMILES string of the molecule is Nc1ncc2cc(-c3c(F)ccc(N[S+]([O-])c4ccc(Cl)cc4Cl)c3F)ccc2n1. The van der Waals surface area contributed by atoms with Crippen molar-refractivity contribution < 1.29 is 13.3 Å². The molecule has 4 aromatic rings. The Hall–Kier alpha value is -2.65. The van der Waals surface area contributed by atoms with Crippen LogP contribution < -0.4 is 10.5 Å². The molecule has 1 aromatic heterocycles. The van der Waals surface area contributed by atoms with Gasteiger partial charge in [0.25, 0.3) is 0 Å². The van der Waals surface area contributed by atoms with Crippen molar-refractivity contribution in [2.75, 3.05) is 10.5 Å². The molecule has 0 aliphatic heterocycles. The summed E-state index contributed by atoms with van der Waals surface area (Å²) >= 11 is 10.0. The lowest BCUT2D eigenvalue weighted by Gasteiger charge is -2.15. The third-order valence-electron chi connectivity index (χ3n) is 4.27. The Morgan fingerprint density at radius 2 is 1.83 bits per heavy atom. The van der Waals surface area contributed by atoms with Crippen LogP contribution in [0.4, 0.5) is 20.4 Å². The van der Waals surface area contributed by atoms with Gasteiger partial charge in [0.1, 0.15) is 22.9 Å². The standard InChI is InChI=1S/C20H12Cl2F2N4OS/c21-12-2-6-17(13(22)8-12)30(29)28-16-5-3-14(23)18(19(16)24)10-1-4-15-11(7-10)9-26-20(25)27-15/h1-9,28H,(H2,25,26,27). The number of fused-ring (bicyclic) bond motifs is 1. The minimum Gasteiger partial charge on any atom is -0.588 e. The van der Waals surface area contributed by atoms with Crippen LogP contribution in [-0.4, -0.2) is 14.5 Å². The smallest absolute Gasteiger partial charge is 0.220 e. The molecule has 0 fully saturated rings. The first-order valence-electron chi connectivity index (χ1n) is 8.47. The van der Waals surface area contributed by atoms with Gasteiger partial charge in [0.15, 0.2) is 10.7 Å². The molecule has 4 rings (SSSR count). The van der Waals surface area contributed by atoms with E-state index in [-0.39, 0.29) is 32.7 Å². The van der Waals surface area contributed by atoms with Crippen LogP contribution in [0.25, 0.3) is 22.0 Å². The number of nitrogens with zero attached hydrogens (tertiary/aromatic N) is 2. The predicted octanol–water partition coefficient (Wildman–Crippen LogP) is 5.60. The fraction of sp³-hybridized carbons (Fsp3) is 0. The summed E-state index contributed by atoms with van der Waals surface area (Å²) in [7, 11) is 0. The van der Waals surface area contributed by atoms with Crippen LogP contribution in [0.1, 0.15) is 0 Å². The van der Waals surface area contributed by atoms with Crippen molar-refractivity contribution in [3.63, 3.8) is 0 Å². The molecular weight excluding hydrogens is 453 g/mol. The number of aromatic nitrogens is 2. The Morgan fingerprint density at radius 1 is 1.03 bits per heavy atom. The molecule has 0 saturated carbocycles. The fourth-order valence-electron chi connectivity index (χ4n) is 2.88. The fourth-order valence-corrected chi connectivity index (χ4v) is 4.39. The van der Waals surface area contributed by atoms with Gasteiger partial charge in [-0.15, -0.1) is 0 Å². The Labute approximate surface area is 183 Å². The molecule has 1 atom stereocenters. The van der Waals surface area contributed by atoms with Gasteiger partial charge in [0, 0.05) is 16.6 Å². The molecule has 3 aromatic carbocycles. The second-order valence-electron chi connectivity index (χ2n) is 6.23. The first kappa shape index (κ1) is 20.6. The summed E-state index contributed by atoms with van der Waals surface area (Å²) < 4.78 is 44.9. The van der Waals surface area contributed by atoms with E-state index in [0.717, 1.165) is 6.07 Å². The van der Waals surface area contributed by atoms with Gasteiger partial charge >= 0.3 is 0 Å². The van der Waals surface area contributed by atoms with Crippen LogP contribution in [0.3, 0.4) is 0 Å². The molecule has 0 spiro atoms. The molecule has 0 aliphatic carbocycles. The van der Waals surface area contributed by atoms with Crippen molar-refractivity contribution in [3.8, 4) is 11.1 Å². The average molecular weight is 465 g/mol. The first-order valence-corrected chi connectivity index (χ1v) is 10.4. The number of nitrogen functional groups attached to an aromatic ring is 1. The lowest BCUT2D eigenvalue weighted by molar-refractivity contribution is 0.588. The second kappa shape index (κ2) is 8.23. The number of hydrogen-bond donors (Lipinski definition) is 2. The summed E-state index contributed by atoms with van der Waals surface area (Å²) in [5.74, 6) is -1.57. The highest BCUT2D eigenvalue weighted by atomic mass is 35.5. The molecule has 0 amide bonds. The number of benzene rings is 3. The van der Waals surface area contributed by atoms with Gasteiger partial charge in [-0.05, 0) is 48.0 Å². The summed E-state index contributed by atoms with van der Waals surface area (Å²) in [6, 6.07) is 11.3. The van der Waals surface area contributed by atoms with Crippen molar-refractivity contribution in [1.29, 1.82) is 0 Å². The first-order chi connectivity index (χ1) is 14.3. The van der Waals surface area contributed by atoms with Crippen LogP contribution in [0.5, 0.6) is 0 Å². The monoisotopic (exact) mass is 464 g/mol. The molecule has 0 bridgehead atoms. The molecule has 1 heterocycles. The number of anilines is 2. The van der Waals surface area contributed by atoms with E-state index in [1.54, 1.807) is 12.1 Å². The van der Waals surface area contributed by atoms with Crippen molar-refractivity contribution in [2.24, 2.45) is 0 Å². The van der Waals surface area contributed by atoms with Gasteiger partial charge in [0.05, 0.1) is 16.1 Å². The Kier molecular flexibility index (Phi) is 5.66. The number of rotatable bonds is 4. The average Bonchev–Trinajstić information content (AvgIpc) is 2.70. The molecular formula is C20H12Cl2F2N4OS. The molecule has 5 nitrogen and oxygen atoms in total. The van der Waals surface area contributed by atoms with E-state index in [2.05, 4.69) is 14.7 Å². The Balaban J connectivity index is 1.72. The van der Waals surface area contributed by atoms with Gasteiger partial charge in [-0.1, -0.05) is 29.3 Å². The van der Waals surface area contributed by atoms with Gasteiger partial charge in [-0.2, -0.15) is 0 Å². The van der Waals surface area contributed by atoms with Crippen molar-refractivity contribution in [1.82, 2.24) is 9.97 Å². The van der Waals surface area contributed by atoms with Gasteiger partial charge in [-0.25, -0.2) is 23.5 Å². The summed E-state index contributed by atoms with van der Waals surface area (Å²) in [6.45, 7) is 0. The lowest BCUT2D eigenvalue weighted by Crippen LogP contribution is -2.15. The van der Waals surface area contributed by atoms with E-state index >= 15 is 4.39 Å². The third kappa shape index (κ3) is 3.99. The zero-order chi connectivity index (χ0) is 21.4. The molecule has 3 N–H and O–H groups in total. The Bertz CT molecular complexity index is 1280. The van der Waals surface area contributed by atoms with Crippen LogP contribution in [0.15, 0.2) is 59.6 Å². The van der Waals surface area contributed by atoms with E-state index in [0.29, 0.717) is 15.9 Å². The van der Waals surface area contributed by atoms with Crippen LogP contribution in [0.2, 0.25) is 10.0 Å². The molecule has 10 heteroatoms. The summed E-state index contributed by atoms with van der Waals surface area (Å²) in [5, 5.41) is 1.10. The summed E-state index contributed by atoms with van der Waals surface area (Å²) in [4.78, 5) is 8.18. The molecule has 0 saturated heterocycles. The van der Waals surface area contributed by atoms with Gasteiger partial charge in [-0.3, -0.25) is 0 Å². The zero-order valence-corrected chi connectivity index (χ0v) is 17.3. The van der Waals surface area contributed by atoms with Crippen molar-refractivity contribution >= 4 is 57.1 Å². The molecule has 0 radical (unpaired) electrons. The topological polar surface area (TPSA) is 86.9 Å². The number of hydrogen-bond acceptors (Lipinski definition) is 5.